The maximum absolute atomic E-state index is 12.3. The smallest absolute Gasteiger partial charge is 0.251 e. The number of amides is 1. The summed E-state index contributed by atoms with van der Waals surface area (Å²) in [5, 5.41) is 16.4. The number of benzene rings is 1. The van der Waals surface area contributed by atoms with Crippen LogP contribution in [0.3, 0.4) is 0 Å². The molecule has 0 spiro atoms. The van der Waals surface area contributed by atoms with E-state index < -0.39 is 5.54 Å². The summed E-state index contributed by atoms with van der Waals surface area (Å²) in [4.78, 5) is 21.3. The maximum Gasteiger partial charge on any atom is 0.251 e. The second kappa shape index (κ2) is 6.73. The monoisotopic (exact) mass is 328 g/mol. The summed E-state index contributed by atoms with van der Waals surface area (Å²) in [6, 6.07) is 5.80. The van der Waals surface area contributed by atoms with Crippen molar-refractivity contribution in [2.24, 2.45) is 0 Å². The minimum Gasteiger partial charge on any atom is -0.394 e. The van der Waals surface area contributed by atoms with Crippen molar-refractivity contribution in [3.8, 4) is 0 Å². The van der Waals surface area contributed by atoms with E-state index in [2.05, 4.69) is 20.6 Å². The van der Waals surface area contributed by atoms with E-state index in [1.54, 1.807) is 32.2 Å². The lowest BCUT2D eigenvalue weighted by atomic mass is 10.1. The molecular formula is C18H24N4O2. The fourth-order valence-corrected chi connectivity index (χ4v) is 2.91. The van der Waals surface area contributed by atoms with Crippen LogP contribution in [0.4, 0.5) is 5.95 Å². The standard InChI is InChI=1S/C18H24N4O2/c1-18(2,11-23)22-16(24)12-7-8-13-10-19-17(21-15(13)9-12)20-14-5-3-4-6-14/h7-10,14,23H,3-6,11H2,1-2H3,(H,22,24)(H,19,20,21). The second-order valence-corrected chi connectivity index (χ2v) is 7.09. The Balaban J connectivity index is 1.81. The minimum absolute atomic E-state index is 0.121. The number of carbonyl (C=O) groups is 1. The first-order valence-corrected chi connectivity index (χ1v) is 8.43. The highest BCUT2D eigenvalue weighted by Gasteiger charge is 2.20. The Morgan fingerprint density at radius 1 is 1.33 bits per heavy atom. The Labute approximate surface area is 141 Å². The summed E-state index contributed by atoms with van der Waals surface area (Å²) in [7, 11) is 0. The van der Waals surface area contributed by atoms with Crippen molar-refractivity contribution in [1.82, 2.24) is 15.3 Å². The van der Waals surface area contributed by atoms with Gasteiger partial charge >= 0.3 is 0 Å². The Morgan fingerprint density at radius 3 is 2.79 bits per heavy atom. The molecule has 128 valence electrons. The summed E-state index contributed by atoms with van der Waals surface area (Å²) < 4.78 is 0. The highest BCUT2D eigenvalue weighted by molar-refractivity contribution is 5.98. The van der Waals surface area contributed by atoms with Crippen LogP contribution in [-0.2, 0) is 0 Å². The lowest BCUT2D eigenvalue weighted by molar-refractivity contribution is 0.0869. The predicted octanol–water partition coefficient (Wildman–Crippen LogP) is 2.49. The molecule has 2 aromatic rings. The van der Waals surface area contributed by atoms with E-state index in [1.807, 2.05) is 6.07 Å². The fraction of sp³-hybridized carbons (Fsp3) is 0.500. The lowest BCUT2D eigenvalue weighted by Gasteiger charge is -2.23. The Kier molecular flexibility index (Phi) is 4.66. The van der Waals surface area contributed by atoms with Crippen molar-refractivity contribution in [2.45, 2.75) is 51.1 Å². The largest absolute Gasteiger partial charge is 0.394 e. The molecular weight excluding hydrogens is 304 g/mol. The molecule has 0 radical (unpaired) electrons. The van der Waals surface area contributed by atoms with Gasteiger partial charge in [0.2, 0.25) is 5.95 Å². The van der Waals surface area contributed by atoms with E-state index >= 15 is 0 Å². The number of carbonyl (C=O) groups excluding carboxylic acids is 1. The lowest BCUT2D eigenvalue weighted by Crippen LogP contribution is -2.46. The van der Waals surface area contributed by atoms with Crippen molar-refractivity contribution < 1.29 is 9.90 Å². The third-order valence-corrected chi connectivity index (χ3v) is 4.38. The van der Waals surface area contributed by atoms with Crippen LogP contribution in [0.2, 0.25) is 0 Å². The summed E-state index contributed by atoms with van der Waals surface area (Å²) in [5.74, 6) is 0.391. The van der Waals surface area contributed by atoms with E-state index in [0.717, 1.165) is 23.7 Å². The van der Waals surface area contributed by atoms with Gasteiger partial charge in [-0.1, -0.05) is 18.9 Å². The van der Waals surface area contributed by atoms with E-state index in [1.165, 1.54) is 12.8 Å². The molecule has 0 aliphatic heterocycles. The van der Waals surface area contributed by atoms with Gasteiger partial charge in [-0.05, 0) is 38.8 Å². The molecule has 1 amide bonds. The molecule has 3 N–H and O–H groups in total. The first kappa shape index (κ1) is 16.6. The molecule has 0 bridgehead atoms. The number of hydrogen-bond donors (Lipinski definition) is 3. The van der Waals surface area contributed by atoms with Gasteiger partial charge in [-0.25, -0.2) is 9.97 Å². The number of anilines is 1. The molecule has 1 saturated carbocycles. The zero-order valence-electron chi connectivity index (χ0n) is 14.2. The summed E-state index contributed by atoms with van der Waals surface area (Å²) in [5.41, 5.74) is 0.599. The van der Waals surface area contributed by atoms with E-state index in [0.29, 0.717) is 17.6 Å². The van der Waals surface area contributed by atoms with Gasteiger partial charge in [0, 0.05) is 23.2 Å². The van der Waals surface area contributed by atoms with Gasteiger partial charge in [-0.15, -0.1) is 0 Å². The normalized spacial score (nSPS) is 15.6. The van der Waals surface area contributed by atoms with Crippen LogP contribution < -0.4 is 10.6 Å². The predicted molar refractivity (Wildman–Crippen MR) is 94.0 cm³/mol. The molecule has 1 aliphatic carbocycles. The second-order valence-electron chi connectivity index (χ2n) is 7.09. The third kappa shape index (κ3) is 3.82. The number of aliphatic hydroxyl groups is 1. The van der Waals surface area contributed by atoms with Crippen LogP contribution in [-0.4, -0.2) is 39.2 Å². The molecule has 24 heavy (non-hydrogen) atoms. The minimum atomic E-state index is -0.660. The van der Waals surface area contributed by atoms with Gasteiger partial charge in [0.05, 0.1) is 17.7 Å². The van der Waals surface area contributed by atoms with Crippen molar-refractivity contribution in [3.05, 3.63) is 30.0 Å². The van der Waals surface area contributed by atoms with Crippen molar-refractivity contribution in [1.29, 1.82) is 0 Å². The highest BCUT2D eigenvalue weighted by atomic mass is 16.3. The number of aromatic nitrogens is 2. The SMILES string of the molecule is CC(C)(CO)NC(=O)c1ccc2cnc(NC3CCCC3)nc2c1. The van der Waals surface area contributed by atoms with Gasteiger partial charge < -0.3 is 15.7 Å². The van der Waals surface area contributed by atoms with Crippen molar-refractivity contribution in [2.75, 3.05) is 11.9 Å². The maximum atomic E-state index is 12.3. The molecule has 0 atom stereocenters. The average Bonchev–Trinajstić information content (AvgIpc) is 3.06. The first-order chi connectivity index (χ1) is 11.5. The van der Waals surface area contributed by atoms with Gasteiger partial charge in [0.25, 0.3) is 5.91 Å². The van der Waals surface area contributed by atoms with Crippen molar-refractivity contribution in [3.63, 3.8) is 0 Å². The summed E-state index contributed by atoms with van der Waals surface area (Å²) in [6.07, 6.45) is 6.57. The molecule has 1 fully saturated rings. The molecule has 6 nitrogen and oxygen atoms in total. The van der Waals surface area contributed by atoms with E-state index in [-0.39, 0.29) is 12.5 Å². The molecule has 1 aromatic heterocycles. The highest BCUT2D eigenvalue weighted by Crippen LogP contribution is 2.22. The quantitative estimate of drug-likeness (QED) is 0.785. The van der Waals surface area contributed by atoms with Crippen LogP contribution in [0.25, 0.3) is 10.9 Å². The number of nitrogens with one attached hydrogen (secondary N) is 2. The molecule has 0 saturated heterocycles. The number of hydrogen-bond acceptors (Lipinski definition) is 5. The fourth-order valence-electron chi connectivity index (χ4n) is 2.91. The molecule has 1 aromatic carbocycles. The summed E-state index contributed by atoms with van der Waals surface area (Å²) in [6.45, 7) is 3.43. The summed E-state index contributed by atoms with van der Waals surface area (Å²) >= 11 is 0. The van der Waals surface area contributed by atoms with Gasteiger partial charge in [-0.3, -0.25) is 4.79 Å². The van der Waals surface area contributed by atoms with Gasteiger partial charge in [-0.2, -0.15) is 0 Å². The zero-order chi connectivity index (χ0) is 17.2. The molecule has 1 aliphatic rings. The number of fused-ring (bicyclic) bond motifs is 1. The Bertz CT molecular complexity index is 739. The third-order valence-electron chi connectivity index (χ3n) is 4.38. The Morgan fingerprint density at radius 2 is 2.08 bits per heavy atom. The van der Waals surface area contributed by atoms with Crippen LogP contribution in [0, 0.1) is 0 Å². The number of nitrogens with zero attached hydrogens (tertiary/aromatic N) is 2. The molecule has 6 heteroatoms. The average molecular weight is 328 g/mol. The molecule has 0 unspecified atom stereocenters. The molecule has 3 rings (SSSR count). The number of aliphatic hydroxyl groups excluding tert-OH is 1. The Hall–Kier alpha value is -2.21. The first-order valence-electron chi connectivity index (χ1n) is 8.43. The topological polar surface area (TPSA) is 87.1 Å². The van der Waals surface area contributed by atoms with Crippen molar-refractivity contribution >= 4 is 22.8 Å². The molecule has 1 heterocycles. The van der Waals surface area contributed by atoms with Gasteiger partial charge in [0.1, 0.15) is 0 Å². The van der Waals surface area contributed by atoms with Gasteiger partial charge in [0.15, 0.2) is 0 Å². The van der Waals surface area contributed by atoms with E-state index in [9.17, 15) is 9.90 Å². The van der Waals surface area contributed by atoms with Crippen LogP contribution in [0.15, 0.2) is 24.4 Å². The van der Waals surface area contributed by atoms with Crippen LogP contribution >= 0.6 is 0 Å². The number of rotatable bonds is 5. The van der Waals surface area contributed by atoms with Crippen LogP contribution in [0.5, 0.6) is 0 Å². The van der Waals surface area contributed by atoms with Crippen LogP contribution in [0.1, 0.15) is 49.9 Å². The zero-order valence-corrected chi connectivity index (χ0v) is 14.2. The van der Waals surface area contributed by atoms with E-state index in [4.69, 9.17) is 0 Å².